The second-order valence-corrected chi connectivity index (χ2v) is 5.33. The van der Waals surface area contributed by atoms with Crippen molar-refractivity contribution in [2.45, 2.75) is 64.6 Å². The van der Waals surface area contributed by atoms with Crippen molar-refractivity contribution < 1.29 is 18.5 Å². The Hall–Kier alpha value is -1.07. The van der Waals surface area contributed by atoms with Gasteiger partial charge in [0.2, 0.25) is 0 Å². The third-order valence-electron chi connectivity index (χ3n) is 4.78. The normalized spacial score (nSPS) is 20.3. The number of rotatable bonds is 6. The highest BCUT2D eigenvalue weighted by Crippen LogP contribution is 2.46. The summed E-state index contributed by atoms with van der Waals surface area (Å²) in [5, 5.41) is 0. The summed E-state index contributed by atoms with van der Waals surface area (Å²) in [6.07, 6.45) is 4.26. The van der Waals surface area contributed by atoms with Gasteiger partial charge in [-0.05, 0) is 37.8 Å². The Labute approximate surface area is 121 Å². The first-order valence-electron chi connectivity index (χ1n) is 7.50. The van der Waals surface area contributed by atoms with Gasteiger partial charge in [0.15, 0.2) is 12.0 Å². The molecule has 2 heterocycles. The lowest BCUT2D eigenvalue weighted by Crippen LogP contribution is -2.50. The van der Waals surface area contributed by atoms with Crippen LogP contribution in [0.4, 0.5) is 0 Å². The molecule has 20 heavy (non-hydrogen) atoms. The smallest absolute Gasteiger partial charge is 0.462 e. The van der Waals surface area contributed by atoms with Crippen molar-refractivity contribution in [3.8, 4) is 0 Å². The zero-order valence-electron chi connectivity index (χ0n) is 12.8. The molecule has 4 nitrogen and oxygen atoms in total. The number of carbonyl (C=O) groups is 1. The van der Waals surface area contributed by atoms with Crippen molar-refractivity contribution in [3.63, 3.8) is 0 Å². The lowest BCUT2D eigenvalue weighted by Gasteiger charge is -2.42. The Balaban J connectivity index is 2.34. The Kier molecular flexibility index (Phi) is 4.40. The molecule has 1 aromatic rings. The molecule has 0 aromatic carbocycles. The average molecular weight is 278 g/mol. The van der Waals surface area contributed by atoms with Gasteiger partial charge < -0.3 is 13.7 Å². The zero-order chi connectivity index (χ0) is 14.8. The summed E-state index contributed by atoms with van der Waals surface area (Å²) in [6, 6.07) is 3.40. The van der Waals surface area contributed by atoms with E-state index in [0.29, 0.717) is 17.7 Å². The van der Waals surface area contributed by atoms with Crippen LogP contribution >= 0.6 is 0 Å². The van der Waals surface area contributed by atoms with Gasteiger partial charge >= 0.3 is 7.12 Å². The minimum absolute atomic E-state index is 0.296. The molecule has 0 spiro atoms. The lowest BCUT2D eigenvalue weighted by atomic mass is 9.75. The fourth-order valence-electron chi connectivity index (χ4n) is 3.45. The molecule has 1 saturated heterocycles. The average Bonchev–Trinajstić information content (AvgIpc) is 3.09. The van der Waals surface area contributed by atoms with Crippen LogP contribution < -0.4 is 5.66 Å². The molecule has 1 aliphatic rings. The second-order valence-electron chi connectivity index (χ2n) is 5.33. The van der Waals surface area contributed by atoms with Crippen LogP contribution in [0.25, 0.3) is 0 Å². The molecule has 5 heteroatoms. The molecule has 1 fully saturated rings. The van der Waals surface area contributed by atoms with Crippen LogP contribution in [0, 0.1) is 0 Å². The molecule has 0 unspecified atom stereocenters. The molecule has 0 bridgehead atoms. The quantitative estimate of drug-likeness (QED) is 0.593. The van der Waals surface area contributed by atoms with Gasteiger partial charge in [0.25, 0.3) is 0 Å². The molecule has 110 valence electrons. The first-order valence-corrected chi connectivity index (χ1v) is 7.50. The highest BCUT2D eigenvalue weighted by atomic mass is 16.7. The van der Waals surface area contributed by atoms with Crippen molar-refractivity contribution in [1.82, 2.24) is 0 Å². The van der Waals surface area contributed by atoms with Crippen LogP contribution in [-0.2, 0) is 9.31 Å². The molecule has 2 rings (SSSR count). The van der Waals surface area contributed by atoms with Crippen LogP contribution in [0.3, 0.4) is 0 Å². The first kappa shape index (κ1) is 15.3. The van der Waals surface area contributed by atoms with E-state index in [2.05, 4.69) is 27.7 Å². The van der Waals surface area contributed by atoms with Gasteiger partial charge in [-0.1, -0.05) is 27.7 Å². The largest absolute Gasteiger partial charge is 0.532 e. The molecule has 0 radical (unpaired) electrons. The van der Waals surface area contributed by atoms with Crippen molar-refractivity contribution in [2.24, 2.45) is 0 Å². The summed E-state index contributed by atoms with van der Waals surface area (Å²) in [5.74, 6) is 0.302. The molecule has 0 amide bonds. The second kappa shape index (κ2) is 5.74. The Morgan fingerprint density at radius 3 is 1.85 bits per heavy atom. The monoisotopic (exact) mass is 278 g/mol. The SMILES string of the molecule is CCC1(CC)OB(c2ccc(C=O)o2)OC1(CC)CC. The topological polar surface area (TPSA) is 48.7 Å². The molecular formula is C15H23BO4. The van der Waals surface area contributed by atoms with Gasteiger partial charge in [-0.2, -0.15) is 0 Å². The van der Waals surface area contributed by atoms with Crippen molar-refractivity contribution in [2.75, 3.05) is 0 Å². The molecular weight excluding hydrogens is 255 g/mol. The van der Waals surface area contributed by atoms with E-state index in [1.54, 1.807) is 12.1 Å². The van der Waals surface area contributed by atoms with Crippen molar-refractivity contribution >= 4 is 19.1 Å². The van der Waals surface area contributed by atoms with Gasteiger partial charge in [-0.3, -0.25) is 4.79 Å². The summed E-state index contributed by atoms with van der Waals surface area (Å²) >= 11 is 0. The van der Waals surface area contributed by atoms with E-state index in [4.69, 9.17) is 13.7 Å². The Morgan fingerprint density at radius 1 is 1.00 bits per heavy atom. The first-order chi connectivity index (χ1) is 9.60. The fraction of sp³-hybridized carbons (Fsp3) is 0.667. The summed E-state index contributed by atoms with van der Waals surface area (Å²) in [6.45, 7) is 8.53. The molecule has 0 saturated carbocycles. The number of carbonyl (C=O) groups excluding carboxylic acids is 1. The highest BCUT2D eigenvalue weighted by molar-refractivity contribution is 6.60. The van der Waals surface area contributed by atoms with Gasteiger partial charge in [0.05, 0.1) is 11.2 Å². The van der Waals surface area contributed by atoms with E-state index in [0.717, 1.165) is 25.7 Å². The van der Waals surface area contributed by atoms with E-state index in [1.807, 2.05) is 0 Å². The minimum Gasteiger partial charge on any atom is -0.462 e. The summed E-state index contributed by atoms with van der Waals surface area (Å²) in [4.78, 5) is 10.7. The van der Waals surface area contributed by atoms with Crippen molar-refractivity contribution in [3.05, 3.63) is 17.9 Å². The van der Waals surface area contributed by atoms with Crippen LogP contribution in [0.1, 0.15) is 63.9 Å². The third-order valence-corrected chi connectivity index (χ3v) is 4.78. The number of aldehydes is 1. The summed E-state index contributed by atoms with van der Waals surface area (Å²) in [5.41, 5.74) is -0.0212. The molecule has 0 aliphatic carbocycles. The standard InChI is InChI=1S/C15H23BO4/c1-5-14(6-2)15(7-3,8-4)20-16(19-14)13-10-9-12(11-17)18-13/h9-11H,5-8H2,1-4H3. The summed E-state index contributed by atoms with van der Waals surface area (Å²) < 4.78 is 18.0. The van der Waals surface area contributed by atoms with Crippen LogP contribution in [-0.4, -0.2) is 24.6 Å². The number of hydrogen-bond acceptors (Lipinski definition) is 4. The van der Waals surface area contributed by atoms with E-state index in [9.17, 15) is 4.79 Å². The minimum atomic E-state index is -0.525. The van der Waals surface area contributed by atoms with E-state index >= 15 is 0 Å². The van der Waals surface area contributed by atoms with Crippen LogP contribution in [0.15, 0.2) is 16.5 Å². The zero-order valence-corrected chi connectivity index (χ0v) is 12.8. The Morgan fingerprint density at radius 2 is 1.50 bits per heavy atom. The lowest BCUT2D eigenvalue weighted by molar-refractivity contribution is -0.0601. The maximum absolute atomic E-state index is 10.7. The van der Waals surface area contributed by atoms with Crippen molar-refractivity contribution in [1.29, 1.82) is 0 Å². The van der Waals surface area contributed by atoms with Gasteiger partial charge in [0, 0.05) is 0 Å². The third kappa shape index (κ3) is 2.13. The van der Waals surface area contributed by atoms with E-state index in [1.165, 1.54) is 0 Å². The van der Waals surface area contributed by atoms with Gasteiger partial charge in [0.1, 0.15) is 5.66 Å². The molecule has 1 aliphatic heterocycles. The van der Waals surface area contributed by atoms with Crippen LogP contribution in [0.2, 0.25) is 0 Å². The predicted octanol–water partition coefficient (Wildman–Crippen LogP) is 2.95. The maximum Gasteiger partial charge on any atom is 0.532 e. The predicted molar refractivity (Wildman–Crippen MR) is 78.3 cm³/mol. The van der Waals surface area contributed by atoms with E-state index < -0.39 is 7.12 Å². The van der Waals surface area contributed by atoms with Gasteiger partial charge in [-0.15, -0.1) is 0 Å². The molecule has 0 atom stereocenters. The molecule has 0 N–H and O–H groups in total. The van der Waals surface area contributed by atoms with Crippen LogP contribution in [0.5, 0.6) is 0 Å². The maximum atomic E-state index is 10.7. The summed E-state index contributed by atoms with van der Waals surface area (Å²) in [7, 11) is -0.525. The number of hydrogen-bond donors (Lipinski definition) is 0. The van der Waals surface area contributed by atoms with E-state index in [-0.39, 0.29) is 11.2 Å². The molecule has 1 aromatic heterocycles. The number of furan rings is 1. The highest BCUT2D eigenvalue weighted by Gasteiger charge is 2.59. The Bertz CT molecular complexity index is 440. The van der Waals surface area contributed by atoms with Gasteiger partial charge in [-0.25, -0.2) is 0 Å². The fourth-order valence-corrected chi connectivity index (χ4v) is 3.45.